The van der Waals surface area contributed by atoms with Gasteiger partial charge in [-0.05, 0) is 44.9 Å². The molecule has 0 aromatic heterocycles. The molecule has 7 heteroatoms. The molecular weight excluding hydrogens is 342 g/mol. The Morgan fingerprint density at radius 1 is 1.20 bits per heavy atom. The van der Waals surface area contributed by atoms with Crippen molar-refractivity contribution in [2.45, 2.75) is 51.2 Å². The number of amides is 1. The number of nitrogens with one attached hydrogen (secondary N) is 1. The Labute approximate surface area is 149 Å². The Balaban J connectivity index is 2.25. The summed E-state index contributed by atoms with van der Waals surface area (Å²) in [5.41, 5.74) is 0.106. The molecule has 0 saturated heterocycles. The molecular formula is C18H25NO5S. The molecule has 0 fully saturated rings. The van der Waals surface area contributed by atoms with Crippen LogP contribution in [0.5, 0.6) is 0 Å². The maximum atomic E-state index is 12.7. The fraction of sp³-hybridized carbons (Fsp3) is 0.444. The van der Waals surface area contributed by atoms with Crippen LogP contribution in [-0.4, -0.2) is 32.6 Å². The smallest absolute Gasteiger partial charge is 0.329 e. The second kappa shape index (κ2) is 6.82. The van der Waals surface area contributed by atoms with E-state index in [-0.39, 0.29) is 5.92 Å². The van der Waals surface area contributed by atoms with Gasteiger partial charge in [-0.3, -0.25) is 13.9 Å². The van der Waals surface area contributed by atoms with E-state index in [4.69, 9.17) is 4.74 Å². The van der Waals surface area contributed by atoms with Gasteiger partial charge in [-0.1, -0.05) is 19.9 Å². The van der Waals surface area contributed by atoms with E-state index < -0.39 is 34.1 Å². The van der Waals surface area contributed by atoms with Gasteiger partial charge < -0.3 is 10.1 Å². The lowest BCUT2D eigenvalue weighted by Gasteiger charge is -2.27. The van der Waals surface area contributed by atoms with Crippen LogP contribution in [0.4, 0.5) is 0 Å². The van der Waals surface area contributed by atoms with Gasteiger partial charge in [0.15, 0.2) is 0 Å². The second-order valence-electron chi connectivity index (χ2n) is 7.34. The molecule has 0 bridgehead atoms. The summed E-state index contributed by atoms with van der Waals surface area (Å²) in [5.74, 6) is -1.11. The number of carbonyl (C=O) groups is 2. The number of ether oxygens (including phenoxy) is 1. The van der Waals surface area contributed by atoms with E-state index in [1.54, 1.807) is 39.0 Å². The van der Waals surface area contributed by atoms with Crippen molar-refractivity contribution >= 4 is 28.5 Å². The number of carbonyl (C=O) groups excluding carboxylic acids is 2. The minimum atomic E-state index is -3.00. The predicted octanol–water partition coefficient (Wildman–Crippen LogP) is 3.88. The Kier molecular flexibility index (Phi) is 5.32. The lowest BCUT2D eigenvalue weighted by molar-refractivity contribution is -0.158. The molecule has 1 aromatic carbocycles. The summed E-state index contributed by atoms with van der Waals surface area (Å²) >= 11 is 0. The van der Waals surface area contributed by atoms with Gasteiger partial charge in [0.2, 0.25) is 0 Å². The molecule has 1 aromatic rings. The monoisotopic (exact) mass is 367 g/mol. The fourth-order valence-corrected chi connectivity index (χ4v) is 3.75. The molecule has 1 aliphatic rings. The first-order valence-electron chi connectivity index (χ1n) is 8.05. The van der Waals surface area contributed by atoms with Crippen LogP contribution in [0.3, 0.4) is 0 Å². The third kappa shape index (κ3) is 4.42. The van der Waals surface area contributed by atoms with E-state index in [9.17, 15) is 18.7 Å². The van der Waals surface area contributed by atoms with Crippen molar-refractivity contribution in [1.29, 1.82) is 0 Å². The average molecular weight is 367 g/mol. The molecule has 1 amide bonds. The summed E-state index contributed by atoms with van der Waals surface area (Å²) < 4.78 is 25.4. The van der Waals surface area contributed by atoms with Crippen molar-refractivity contribution in [3.05, 3.63) is 34.7 Å². The van der Waals surface area contributed by atoms with Crippen LogP contribution >= 0.6 is 10.6 Å². The highest BCUT2D eigenvalue weighted by Gasteiger charge is 2.31. The van der Waals surface area contributed by atoms with Crippen LogP contribution in [0.15, 0.2) is 28.5 Å². The van der Waals surface area contributed by atoms with Gasteiger partial charge in [-0.15, -0.1) is 10.6 Å². The zero-order valence-electron chi connectivity index (χ0n) is 15.1. The maximum absolute atomic E-state index is 12.7. The lowest BCUT2D eigenvalue weighted by atomic mass is 10.0. The summed E-state index contributed by atoms with van der Waals surface area (Å²) in [7, 11) is -3.00. The molecule has 1 heterocycles. The highest BCUT2D eigenvalue weighted by molar-refractivity contribution is 8.27. The van der Waals surface area contributed by atoms with Gasteiger partial charge in [0.1, 0.15) is 11.6 Å². The summed E-state index contributed by atoms with van der Waals surface area (Å²) in [6, 6.07) is 3.96. The zero-order valence-corrected chi connectivity index (χ0v) is 15.9. The molecule has 3 N–H and O–H groups in total. The van der Waals surface area contributed by atoms with Crippen LogP contribution in [0.2, 0.25) is 0 Å². The number of benzene rings is 1. The van der Waals surface area contributed by atoms with Crippen LogP contribution in [0.1, 0.15) is 50.5 Å². The van der Waals surface area contributed by atoms with Gasteiger partial charge in [0, 0.05) is 16.5 Å². The molecule has 138 valence electrons. The first-order valence-corrected chi connectivity index (χ1v) is 9.66. The third-order valence-corrected chi connectivity index (χ3v) is 5.19. The molecule has 25 heavy (non-hydrogen) atoms. The molecule has 1 atom stereocenters. The van der Waals surface area contributed by atoms with Crippen molar-refractivity contribution in [1.82, 2.24) is 5.32 Å². The molecule has 0 radical (unpaired) electrons. The molecule has 0 unspecified atom stereocenters. The molecule has 0 aliphatic carbocycles. The van der Waals surface area contributed by atoms with Crippen molar-refractivity contribution < 1.29 is 23.4 Å². The number of fused-ring (bicyclic) bond motifs is 1. The Bertz CT molecular complexity index is 719. The minimum absolute atomic E-state index is 0.161. The summed E-state index contributed by atoms with van der Waals surface area (Å²) in [4.78, 5) is 25.4. The van der Waals surface area contributed by atoms with E-state index in [1.165, 1.54) is 11.5 Å². The van der Waals surface area contributed by atoms with E-state index in [0.29, 0.717) is 16.0 Å². The van der Waals surface area contributed by atoms with Gasteiger partial charge in [0.05, 0.1) is 4.90 Å². The minimum Gasteiger partial charge on any atom is -0.458 e. The largest absolute Gasteiger partial charge is 0.458 e. The molecule has 1 aliphatic heterocycles. The van der Waals surface area contributed by atoms with Crippen molar-refractivity contribution in [2.75, 3.05) is 0 Å². The standard InChI is InChI=1S/C18H25NO5S/c1-11(2)15(17(21)24-18(3,4)5)19-16(20)13-7-6-8-14-12(13)9-10-25(14,22)23/h6-11,15,22-23H,1-5H3,(H,19,20)/t15-/m1/s1. The quantitative estimate of drug-likeness (QED) is 0.702. The molecule has 0 saturated carbocycles. The van der Waals surface area contributed by atoms with Gasteiger partial charge in [-0.25, -0.2) is 4.79 Å². The van der Waals surface area contributed by atoms with Gasteiger partial charge in [0.25, 0.3) is 5.91 Å². The average Bonchev–Trinajstić information content (AvgIpc) is 2.78. The maximum Gasteiger partial charge on any atom is 0.329 e. The Morgan fingerprint density at radius 3 is 2.40 bits per heavy atom. The van der Waals surface area contributed by atoms with Crippen molar-refractivity contribution in [2.24, 2.45) is 5.92 Å². The summed E-state index contributed by atoms with van der Waals surface area (Å²) in [6.45, 7) is 8.94. The fourth-order valence-electron chi connectivity index (χ4n) is 2.49. The topological polar surface area (TPSA) is 95.9 Å². The molecule has 0 spiro atoms. The second-order valence-corrected chi connectivity index (χ2v) is 9.24. The van der Waals surface area contributed by atoms with E-state index >= 15 is 0 Å². The SMILES string of the molecule is CC(C)[C@@H](NC(=O)c1cccc2c1C=CS2(O)O)C(=O)OC(C)(C)C. The molecule has 2 rings (SSSR count). The highest BCUT2D eigenvalue weighted by Crippen LogP contribution is 2.56. The highest BCUT2D eigenvalue weighted by atomic mass is 32.3. The van der Waals surface area contributed by atoms with E-state index in [0.717, 1.165) is 0 Å². The first kappa shape index (κ1) is 19.5. The normalized spacial score (nSPS) is 17.8. The first-order chi connectivity index (χ1) is 11.4. The predicted molar refractivity (Wildman–Crippen MR) is 98.5 cm³/mol. The number of hydrogen-bond acceptors (Lipinski definition) is 5. The summed E-state index contributed by atoms with van der Waals surface area (Å²) in [6.07, 6.45) is 1.53. The lowest BCUT2D eigenvalue weighted by Crippen LogP contribution is -2.47. The summed E-state index contributed by atoms with van der Waals surface area (Å²) in [5, 5.41) is 4.00. The third-order valence-electron chi connectivity index (χ3n) is 3.67. The molecule has 6 nitrogen and oxygen atoms in total. The Morgan fingerprint density at radius 2 is 1.84 bits per heavy atom. The van der Waals surface area contributed by atoms with Gasteiger partial charge in [-0.2, -0.15) is 0 Å². The van der Waals surface area contributed by atoms with Crippen LogP contribution in [0, 0.1) is 5.92 Å². The van der Waals surface area contributed by atoms with Gasteiger partial charge >= 0.3 is 5.97 Å². The number of hydrogen-bond donors (Lipinski definition) is 3. The Hall–Kier alpha value is -1.83. The number of esters is 1. The van der Waals surface area contributed by atoms with Crippen LogP contribution in [-0.2, 0) is 9.53 Å². The van der Waals surface area contributed by atoms with Crippen LogP contribution in [0.25, 0.3) is 6.08 Å². The van der Waals surface area contributed by atoms with Crippen LogP contribution < -0.4 is 5.32 Å². The zero-order chi connectivity index (χ0) is 19.0. The van der Waals surface area contributed by atoms with Crippen molar-refractivity contribution in [3.63, 3.8) is 0 Å². The van der Waals surface area contributed by atoms with E-state index in [1.807, 2.05) is 13.8 Å². The number of rotatable bonds is 4. The van der Waals surface area contributed by atoms with E-state index in [2.05, 4.69) is 5.32 Å². The van der Waals surface area contributed by atoms with Crippen molar-refractivity contribution in [3.8, 4) is 0 Å².